The van der Waals surface area contributed by atoms with Crippen molar-refractivity contribution in [3.8, 4) is 0 Å². The smallest absolute Gasteiger partial charge is 0.0417 e. The molecule has 0 nitrogen and oxygen atoms in total. The zero-order valence-corrected chi connectivity index (χ0v) is 5.98. The maximum Gasteiger partial charge on any atom is -0.0417 e. The van der Waals surface area contributed by atoms with Crippen LogP contribution in [0.2, 0.25) is 0 Å². The summed E-state index contributed by atoms with van der Waals surface area (Å²) in [7, 11) is 0. The van der Waals surface area contributed by atoms with Crippen molar-refractivity contribution in [1.82, 2.24) is 0 Å². The van der Waals surface area contributed by atoms with E-state index < -0.39 is 0 Å². The van der Waals surface area contributed by atoms with E-state index in [4.69, 9.17) is 0 Å². The summed E-state index contributed by atoms with van der Waals surface area (Å²) in [6, 6.07) is 0. The summed E-state index contributed by atoms with van der Waals surface area (Å²) >= 11 is 0. The Labute approximate surface area is 67.0 Å². The third kappa shape index (κ3) is 3.24. The molecule has 1 saturated carbocycles. The molecule has 0 saturated heterocycles. The largest absolute Gasteiger partial charge is 0.0776 e. The summed E-state index contributed by atoms with van der Waals surface area (Å²) in [6.45, 7) is 4.76. The molecule has 1 aliphatic carbocycles. The summed E-state index contributed by atoms with van der Waals surface area (Å²) in [5, 5.41) is 0. The highest BCUT2D eigenvalue weighted by atomic mass is 14.2. The van der Waals surface area contributed by atoms with Crippen molar-refractivity contribution < 1.29 is 0 Å². The molecule has 1 rings (SSSR count). The number of rotatable bonds is 0. The molecule has 0 spiro atoms. The first-order chi connectivity index (χ1) is 3.80. The third-order valence-corrected chi connectivity index (χ3v) is 2.54. The summed E-state index contributed by atoms with van der Waals surface area (Å²) in [5.74, 6) is 2.01. The van der Waals surface area contributed by atoms with Gasteiger partial charge in [-0.25, -0.2) is 0 Å². The van der Waals surface area contributed by atoms with Crippen LogP contribution in [0.25, 0.3) is 0 Å². The second-order valence-electron chi connectivity index (χ2n) is 3.24. The molecule has 2 atom stereocenters. The Morgan fingerprint density at radius 3 is 1.30 bits per heavy atom. The van der Waals surface area contributed by atoms with Crippen molar-refractivity contribution in [3.05, 3.63) is 0 Å². The minimum absolute atomic E-state index is 0. The van der Waals surface area contributed by atoms with Gasteiger partial charge in [0.25, 0.3) is 0 Å². The maximum absolute atomic E-state index is 2.38. The van der Waals surface area contributed by atoms with Crippen LogP contribution in [-0.4, -0.2) is 0 Å². The first-order valence-electron chi connectivity index (χ1n) is 3.80. The van der Waals surface area contributed by atoms with E-state index in [9.17, 15) is 0 Å². The molecule has 0 aliphatic heterocycles. The molecule has 1 fully saturated rings. The zero-order valence-electron chi connectivity index (χ0n) is 5.98. The molecular formula is C10H24. The highest BCUT2D eigenvalue weighted by Crippen LogP contribution is 2.28. The van der Waals surface area contributed by atoms with Crippen LogP contribution in [-0.2, 0) is 0 Å². The van der Waals surface area contributed by atoms with E-state index in [1.807, 2.05) is 0 Å². The SMILES string of the molecule is C.C.CC1CCCCC1C. The Bertz CT molecular complexity index is 56.4. The minimum atomic E-state index is 0. The Kier molecular flexibility index (Phi) is 7.29. The van der Waals surface area contributed by atoms with Crippen LogP contribution < -0.4 is 0 Å². The van der Waals surface area contributed by atoms with Gasteiger partial charge in [-0.2, -0.15) is 0 Å². The molecule has 10 heavy (non-hydrogen) atoms. The van der Waals surface area contributed by atoms with Gasteiger partial charge in [0.05, 0.1) is 0 Å². The lowest BCUT2D eigenvalue weighted by Gasteiger charge is -2.24. The van der Waals surface area contributed by atoms with Crippen LogP contribution in [0, 0.1) is 11.8 Å². The van der Waals surface area contributed by atoms with E-state index in [0.29, 0.717) is 0 Å². The Morgan fingerprint density at radius 1 is 0.800 bits per heavy atom. The molecule has 0 aromatic heterocycles. The van der Waals surface area contributed by atoms with E-state index in [2.05, 4.69) is 13.8 Å². The topological polar surface area (TPSA) is 0 Å². The summed E-state index contributed by atoms with van der Waals surface area (Å²) in [4.78, 5) is 0. The van der Waals surface area contributed by atoms with Gasteiger partial charge in [-0.15, -0.1) is 0 Å². The van der Waals surface area contributed by atoms with Gasteiger partial charge in [0.2, 0.25) is 0 Å². The molecule has 2 unspecified atom stereocenters. The van der Waals surface area contributed by atoms with Crippen LogP contribution in [0.1, 0.15) is 54.4 Å². The van der Waals surface area contributed by atoms with Gasteiger partial charge in [0.1, 0.15) is 0 Å². The lowest BCUT2D eigenvalue weighted by molar-refractivity contribution is 0.277. The fourth-order valence-electron chi connectivity index (χ4n) is 1.50. The van der Waals surface area contributed by atoms with Crippen LogP contribution in [0.3, 0.4) is 0 Å². The van der Waals surface area contributed by atoms with Crippen LogP contribution in [0.15, 0.2) is 0 Å². The average molecular weight is 144 g/mol. The molecule has 0 N–H and O–H groups in total. The molecule has 0 aromatic rings. The summed E-state index contributed by atoms with van der Waals surface area (Å²) in [6.07, 6.45) is 5.90. The number of hydrogen-bond donors (Lipinski definition) is 0. The molecule has 0 radical (unpaired) electrons. The van der Waals surface area contributed by atoms with Gasteiger partial charge < -0.3 is 0 Å². The number of hydrogen-bond acceptors (Lipinski definition) is 0. The molecule has 0 heterocycles. The lowest BCUT2D eigenvalue weighted by atomic mass is 9.82. The fourth-order valence-corrected chi connectivity index (χ4v) is 1.50. The van der Waals surface area contributed by atoms with Gasteiger partial charge in [0, 0.05) is 0 Å². The molecule has 0 amide bonds. The van der Waals surface area contributed by atoms with Gasteiger partial charge in [-0.3, -0.25) is 0 Å². The second-order valence-corrected chi connectivity index (χ2v) is 3.24. The predicted molar refractivity (Wildman–Crippen MR) is 50.3 cm³/mol. The zero-order chi connectivity index (χ0) is 5.98. The molecular weight excluding hydrogens is 120 g/mol. The fraction of sp³-hybridized carbons (Fsp3) is 1.00. The van der Waals surface area contributed by atoms with Crippen molar-refractivity contribution in [2.24, 2.45) is 11.8 Å². The Hall–Kier alpha value is 0. The van der Waals surface area contributed by atoms with Crippen molar-refractivity contribution in [2.75, 3.05) is 0 Å². The van der Waals surface area contributed by atoms with E-state index in [1.54, 1.807) is 0 Å². The molecule has 1 aliphatic rings. The highest BCUT2D eigenvalue weighted by molar-refractivity contribution is 4.67. The molecule has 0 aromatic carbocycles. The first kappa shape index (κ1) is 12.7. The average Bonchev–Trinajstić information content (AvgIpc) is 1.77. The molecule has 64 valence electrons. The van der Waals surface area contributed by atoms with Crippen molar-refractivity contribution in [2.45, 2.75) is 54.4 Å². The molecule has 0 bridgehead atoms. The second kappa shape index (κ2) is 5.76. The highest BCUT2D eigenvalue weighted by Gasteiger charge is 2.15. The maximum atomic E-state index is 2.38. The standard InChI is InChI=1S/C8H16.2CH4/c1-7-5-3-4-6-8(7)2;;/h7-8H,3-6H2,1-2H3;2*1H4. The van der Waals surface area contributed by atoms with E-state index >= 15 is 0 Å². The van der Waals surface area contributed by atoms with Crippen molar-refractivity contribution in [3.63, 3.8) is 0 Å². The van der Waals surface area contributed by atoms with E-state index in [0.717, 1.165) is 11.8 Å². The van der Waals surface area contributed by atoms with Crippen molar-refractivity contribution >= 4 is 0 Å². The summed E-state index contributed by atoms with van der Waals surface area (Å²) < 4.78 is 0. The Morgan fingerprint density at radius 2 is 1.10 bits per heavy atom. The normalized spacial score (nSPS) is 31.8. The van der Waals surface area contributed by atoms with E-state index in [1.165, 1.54) is 25.7 Å². The lowest BCUT2D eigenvalue weighted by Crippen LogP contribution is -2.12. The van der Waals surface area contributed by atoms with Crippen LogP contribution in [0.4, 0.5) is 0 Å². The minimum Gasteiger partial charge on any atom is -0.0776 e. The Balaban J connectivity index is 0. The molecule has 0 heteroatoms. The van der Waals surface area contributed by atoms with Gasteiger partial charge in [0.15, 0.2) is 0 Å². The van der Waals surface area contributed by atoms with E-state index in [-0.39, 0.29) is 14.9 Å². The van der Waals surface area contributed by atoms with Gasteiger partial charge in [-0.05, 0) is 11.8 Å². The predicted octanol–water partition coefficient (Wildman–Crippen LogP) is 4.10. The summed E-state index contributed by atoms with van der Waals surface area (Å²) in [5.41, 5.74) is 0. The quantitative estimate of drug-likeness (QED) is 0.480. The van der Waals surface area contributed by atoms with Crippen LogP contribution in [0.5, 0.6) is 0 Å². The van der Waals surface area contributed by atoms with Crippen LogP contribution >= 0.6 is 0 Å². The van der Waals surface area contributed by atoms with Gasteiger partial charge >= 0.3 is 0 Å². The third-order valence-electron chi connectivity index (χ3n) is 2.54. The first-order valence-corrected chi connectivity index (χ1v) is 3.80. The monoisotopic (exact) mass is 144 g/mol. The van der Waals surface area contributed by atoms with Crippen molar-refractivity contribution in [1.29, 1.82) is 0 Å². The van der Waals surface area contributed by atoms with Gasteiger partial charge in [-0.1, -0.05) is 54.4 Å².